The summed E-state index contributed by atoms with van der Waals surface area (Å²) in [7, 11) is 0. The molecule has 0 atom stereocenters. The maximum atomic E-state index is 6.43. The first-order valence-electron chi connectivity index (χ1n) is 12.9. The first-order chi connectivity index (χ1) is 19.3. The summed E-state index contributed by atoms with van der Waals surface area (Å²) in [6.45, 7) is 0. The molecule has 180 valence electrons. The molecule has 0 unspecified atom stereocenters. The zero-order valence-electron chi connectivity index (χ0n) is 20.2. The summed E-state index contributed by atoms with van der Waals surface area (Å²) in [5.41, 5.74) is 10.5. The molecule has 7 nitrogen and oxygen atoms in total. The van der Waals surface area contributed by atoms with Crippen LogP contribution in [0.1, 0.15) is 0 Å². The molecule has 0 bridgehead atoms. The highest BCUT2D eigenvalue weighted by Crippen LogP contribution is 2.40. The molecule has 0 fully saturated rings. The highest BCUT2D eigenvalue weighted by Gasteiger charge is 2.25. The molecule has 0 amide bonds. The van der Waals surface area contributed by atoms with Crippen molar-refractivity contribution in [3.05, 3.63) is 91.0 Å². The Labute approximate surface area is 217 Å². The zero-order valence-corrected chi connectivity index (χ0v) is 20.2. The number of imidazole rings is 4. The summed E-state index contributed by atoms with van der Waals surface area (Å²) < 4.78 is 19.2. The van der Waals surface area contributed by atoms with Crippen LogP contribution in [0, 0.1) is 0 Å². The van der Waals surface area contributed by atoms with Crippen molar-refractivity contribution >= 4 is 94.0 Å². The summed E-state index contributed by atoms with van der Waals surface area (Å²) in [4.78, 5) is 10.3. The molecular formula is C32H15N5O2. The Balaban J connectivity index is 1.36. The molecule has 11 rings (SSSR count). The van der Waals surface area contributed by atoms with E-state index >= 15 is 0 Å². The minimum atomic E-state index is 0.823. The summed E-state index contributed by atoms with van der Waals surface area (Å²) in [5.74, 6) is 1.66. The molecule has 7 heteroatoms. The lowest BCUT2D eigenvalue weighted by molar-refractivity contribution is 0.669. The minimum absolute atomic E-state index is 0.823. The van der Waals surface area contributed by atoms with Crippen molar-refractivity contribution in [1.29, 1.82) is 0 Å². The second-order valence-electron chi connectivity index (χ2n) is 10.3. The van der Waals surface area contributed by atoms with E-state index in [1.54, 1.807) is 0 Å². The smallest absolute Gasteiger partial charge is 0.223 e. The van der Waals surface area contributed by atoms with E-state index in [9.17, 15) is 0 Å². The Bertz CT molecular complexity index is 2840. The van der Waals surface area contributed by atoms with Gasteiger partial charge in [0.05, 0.1) is 27.6 Å². The normalized spacial score (nSPS) is 13.1. The first kappa shape index (κ1) is 18.6. The zero-order chi connectivity index (χ0) is 25.0. The van der Waals surface area contributed by atoms with E-state index in [0.29, 0.717) is 0 Å². The number of furan rings is 2. The lowest BCUT2D eigenvalue weighted by atomic mass is 10.1. The van der Waals surface area contributed by atoms with Gasteiger partial charge >= 0.3 is 0 Å². The molecular weight excluding hydrogens is 486 g/mol. The number of hydrogen-bond acceptors (Lipinski definition) is 4. The summed E-state index contributed by atoms with van der Waals surface area (Å²) in [6, 6.07) is 31.2. The maximum absolute atomic E-state index is 6.43. The highest BCUT2D eigenvalue weighted by molar-refractivity contribution is 6.16. The van der Waals surface area contributed by atoms with Gasteiger partial charge in [-0.25, -0.2) is 14.4 Å². The third kappa shape index (κ3) is 1.97. The van der Waals surface area contributed by atoms with Crippen molar-refractivity contribution in [2.75, 3.05) is 0 Å². The van der Waals surface area contributed by atoms with Crippen LogP contribution in [0.4, 0.5) is 0 Å². The molecule has 6 heterocycles. The summed E-state index contributed by atoms with van der Waals surface area (Å²) >= 11 is 0. The molecule has 0 N–H and O–H groups in total. The van der Waals surface area contributed by atoms with E-state index in [2.05, 4.69) is 67.8 Å². The van der Waals surface area contributed by atoms with Gasteiger partial charge in [0.15, 0.2) is 5.58 Å². The lowest BCUT2D eigenvalue weighted by Crippen LogP contribution is -1.87. The molecule has 5 aromatic carbocycles. The number of fused-ring (bicyclic) bond motifs is 17. The second kappa shape index (κ2) is 5.95. The Morgan fingerprint density at radius 1 is 0.462 bits per heavy atom. The average molecular weight is 502 g/mol. The van der Waals surface area contributed by atoms with E-state index in [4.69, 9.17) is 18.8 Å². The molecule has 0 saturated heterocycles. The number of nitrogens with zero attached hydrogens (tertiary/aromatic N) is 5. The van der Waals surface area contributed by atoms with Gasteiger partial charge in [0.25, 0.3) is 0 Å². The van der Waals surface area contributed by atoms with Crippen LogP contribution < -0.4 is 0 Å². The van der Waals surface area contributed by atoms with Crippen LogP contribution in [0.5, 0.6) is 0 Å². The predicted molar refractivity (Wildman–Crippen MR) is 153 cm³/mol. The number of para-hydroxylation sites is 3. The van der Waals surface area contributed by atoms with Gasteiger partial charge in [0.2, 0.25) is 11.6 Å². The third-order valence-corrected chi connectivity index (χ3v) is 8.38. The van der Waals surface area contributed by atoms with Crippen LogP contribution in [0.3, 0.4) is 0 Å². The van der Waals surface area contributed by atoms with Crippen molar-refractivity contribution < 1.29 is 8.83 Å². The van der Waals surface area contributed by atoms with Gasteiger partial charge in [-0.3, -0.25) is 8.80 Å². The quantitative estimate of drug-likeness (QED) is 0.212. The fourth-order valence-electron chi connectivity index (χ4n) is 6.78. The van der Waals surface area contributed by atoms with Gasteiger partial charge in [-0.2, -0.15) is 0 Å². The standard InChI is InChI=1S/C32H15N5O2/c1-4-11-26-16(6-1)18-12-13-20-28(30(18)39-26)36-23-9-5-8-22-29(23)37(32(36)33-20)31-34-21-15-27-19(14-24(21)35(22)31)17-7-2-3-10-25(17)38-27/h1-15H. The van der Waals surface area contributed by atoms with Gasteiger partial charge in [0.1, 0.15) is 27.8 Å². The van der Waals surface area contributed by atoms with E-state index in [0.717, 1.165) is 94.0 Å². The van der Waals surface area contributed by atoms with Crippen LogP contribution in [-0.4, -0.2) is 23.2 Å². The van der Waals surface area contributed by atoms with Crippen molar-refractivity contribution in [2.24, 2.45) is 0 Å². The summed E-state index contributed by atoms with van der Waals surface area (Å²) in [6.07, 6.45) is 0. The Hall–Kier alpha value is -5.56. The van der Waals surface area contributed by atoms with Gasteiger partial charge in [-0.1, -0.05) is 42.5 Å². The predicted octanol–water partition coefficient (Wildman–Crippen LogP) is 7.93. The maximum Gasteiger partial charge on any atom is 0.223 e. The molecule has 11 aromatic rings. The molecule has 0 radical (unpaired) electrons. The Morgan fingerprint density at radius 2 is 1.18 bits per heavy atom. The molecule has 6 aromatic heterocycles. The summed E-state index contributed by atoms with van der Waals surface area (Å²) in [5, 5.41) is 4.40. The van der Waals surface area contributed by atoms with E-state index in [1.165, 1.54) is 0 Å². The van der Waals surface area contributed by atoms with E-state index in [1.807, 2.05) is 36.4 Å². The average Bonchev–Trinajstić information content (AvgIpc) is 3.77. The number of rotatable bonds is 0. The topological polar surface area (TPSA) is 65.3 Å². The molecule has 0 aliphatic rings. The van der Waals surface area contributed by atoms with Crippen molar-refractivity contribution in [2.45, 2.75) is 0 Å². The Morgan fingerprint density at radius 3 is 2.05 bits per heavy atom. The van der Waals surface area contributed by atoms with Crippen molar-refractivity contribution in [3.63, 3.8) is 0 Å². The number of aromatic nitrogens is 5. The minimum Gasteiger partial charge on any atom is -0.456 e. The highest BCUT2D eigenvalue weighted by atomic mass is 16.3. The van der Waals surface area contributed by atoms with Crippen molar-refractivity contribution in [3.8, 4) is 0 Å². The largest absolute Gasteiger partial charge is 0.456 e. The van der Waals surface area contributed by atoms with Crippen LogP contribution in [-0.2, 0) is 0 Å². The lowest BCUT2D eigenvalue weighted by Gasteiger charge is -1.98. The van der Waals surface area contributed by atoms with Gasteiger partial charge in [-0.15, -0.1) is 0 Å². The van der Waals surface area contributed by atoms with Gasteiger partial charge in [0, 0.05) is 27.6 Å². The number of hydrogen-bond donors (Lipinski definition) is 0. The fourth-order valence-corrected chi connectivity index (χ4v) is 6.78. The van der Waals surface area contributed by atoms with Gasteiger partial charge < -0.3 is 8.83 Å². The van der Waals surface area contributed by atoms with Crippen LogP contribution >= 0.6 is 0 Å². The van der Waals surface area contributed by atoms with Crippen LogP contribution in [0.25, 0.3) is 94.0 Å². The molecule has 0 saturated carbocycles. The van der Waals surface area contributed by atoms with E-state index < -0.39 is 0 Å². The molecule has 39 heavy (non-hydrogen) atoms. The SMILES string of the molecule is c1ccc2c(c1)oc1cc3nc4n(c3cc12)c1cccc2c1n4c1nc3ccc4c5ccccc5oc4c3n21. The molecule has 0 aliphatic heterocycles. The van der Waals surface area contributed by atoms with Crippen molar-refractivity contribution in [1.82, 2.24) is 23.2 Å². The molecule has 0 aliphatic carbocycles. The number of benzene rings is 5. The first-order valence-corrected chi connectivity index (χ1v) is 12.9. The monoisotopic (exact) mass is 501 g/mol. The Kier molecular flexibility index (Phi) is 2.84. The molecule has 0 spiro atoms. The second-order valence-corrected chi connectivity index (χ2v) is 10.3. The van der Waals surface area contributed by atoms with E-state index in [-0.39, 0.29) is 0 Å². The van der Waals surface area contributed by atoms with Crippen LogP contribution in [0.2, 0.25) is 0 Å². The van der Waals surface area contributed by atoms with Gasteiger partial charge in [-0.05, 0) is 42.5 Å². The van der Waals surface area contributed by atoms with Crippen LogP contribution in [0.15, 0.2) is 99.8 Å². The fraction of sp³-hybridized carbons (Fsp3) is 0. The third-order valence-electron chi connectivity index (χ3n) is 8.38.